The number of amides is 1. The number of anilines is 1. The van der Waals surface area contributed by atoms with Crippen molar-refractivity contribution in [1.29, 1.82) is 0 Å². The molecule has 0 aliphatic rings. The van der Waals surface area contributed by atoms with E-state index in [-0.39, 0.29) is 24.4 Å². The quantitative estimate of drug-likeness (QED) is 0.518. The number of halogens is 7. The number of aromatic nitrogens is 2. The monoisotopic (exact) mass is 507 g/mol. The third kappa shape index (κ3) is 5.48. The minimum atomic E-state index is -5.42. The third-order valence-electron chi connectivity index (χ3n) is 4.83. The first-order chi connectivity index (χ1) is 16.2. The Morgan fingerprint density at radius 2 is 1.66 bits per heavy atom. The fraction of sp³-hybridized carbons (Fsp3) is 0.238. The fourth-order valence-corrected chi connectivity index (χ4v) is 3.07. The Morgan fingerprint density at radius 1 is 1.03 bits per heavy atom. The Hall–Kier alpha value is -3.81. The van der Waals surface area contributed by atoms with Gasteiger partial charge in [-0.25, -0.2) is 14.0 Å². The van der Waals surface area contributed by atoms with Crippen LogP contribution >= 0.6 is 0 Å². The molecule has 2 aromatic carbocycles. The van der Waals surface area contributed by atoms with Crippen LogP contribution in [-0.4, -0.2) is 34.0 Å². The smallest absolute Gasteiger partial charge is 0.407 e. The predicted molar refractivity (Wildman–Crippen MR) is 108 cm³/mol. The molecule has 1 amide bonds. The number of rotatable bonds is 5. The molecule has 0 aliphatic heterocycles. The summed E-state index contributed by atoms with van der Waals surface area (Å²) >= 11 is 0. The molecular formula is C21H16F7N3O4. The molecule has 0 saturated carbocycles. The number of aliphatic hydroxyl groups excluding tert-OH is 1. The number of aliphatic hydroxyl groups is 1. The van der Waals surface area contributed by atoms with Crippen molar-refractivity contribution >= 4 is 11.8 Å². The molecule has 35 heavy (non-hydrogen) atoms. The summed E-state index contributed by atoms with van der Waals surface area (Å²) in [5, 5.41) is 9.02. The van der Waals surface area contributed by atoms with Gasteiger partial charge in [-0.15, -0.1) is 0 Å². The first-order valence-electron chi connectivity index (χ1n) is 9.66. The Balaban J connectivity index is 2.22. The molecule has 0 radical (unpaired) electrons. The van der Waals surface area contributed by atoms with Crippen molar-refractivity contribution in [1.82, 2.24) is 9.13 Å². The summed E-state index contributed by atoms with van der Waals surface area (Å²) in [5.74, 6) is -2.01. The van der Waals surface area contributed by atoms with E-state index in [9.17, 15) is 40.3 Å². The molecule has 0 fully saturated rings. The second-order valence-corrected chi connectivity index (χ2v) is 7.14. The maximum Gasteiger partial charge on any atom is 0.420 e. The second-order valence-electron chi connectivity index (χ2n) is 7.14. The number of benzene rings is 2. The average molecular weight is 507 g/mol. The van der Waals surface area contributed by atoms with Gasteiger partial charge in [0.1, 0.15) is 11.4 Å². The Labute approximate surface area is 192 Å². The minimum Gasteiger partial charge on any atom is -0.407 e. The largest absolute Gasteiger partial charge is 0.420 e. The van der Waals surface area contributed by atoms with Crippen molar-refractivity contribution in [2.75, 3.05) is 18.6 Å². The van der Waals surface area contributed by atoms with Crippen LogP contribution in [0.1, 0.15) is 11.1 Å². The fourth-order valence-electron chi connectivity index (χ4n) is 3.07. The molecule has 0 spiro atoms. The third-order valence-corrected chi connectivity index (χ3v) is 4.83. The van der Waals surface area contributed by atoms with E-state index in [4.69, 9.17) is 9.84 Å². The maximum atomic E-state index is 13.8. The summed E-state index contributed by atoms with van der Waals surface area (Å²) in [6.07, 6.45) is -10.2. The van der Waals surface area contributed by atoms with E-state index in [1.54, 1.807) is 0 Å². The summed E-state index contributed by atoms with van der Waals surface area (Å²) in [7, 11) is 1.08. The Morgan fingerprint density at radius 3 is 2.20 bits per heavy atom. The lowest BCUT2D eigenvalue weighted by Crippen LogP contribution is -2.31. The zero-order valence-electron chi connectivity index (χ0n) is 17.7. The predicted octanol–water partition coefficient (Wildman–Crippen LogP) is 4.44. The lowest BCUT2D eigenvalue weighted by atomic mass is 10.1. The second kappa shape index (κ2) is 9.44. The highest BCUT2D eigenvalue weighted by atomic mass is 19.4. The van der Waals surface area contributed by atoms with Gasteiger partial charge in [-0.3, -0.25) is 14.0 Å². The number of carbonyl (C=O) groups is 1. The molecule has 0 unspecified atom stereocenters. The molecule has 1 N–H and O–H groups in total. The van der Waals surface area contributed by atoms with Crippen LogP contribution in [0.2, 0.25) is 0 Å². The molecule has 0 bridgehead atoms. The zero-order chi connectivity index (χ0) is 26.1. The van der Waals surface area contributed by atoms with Crippen molar-refractivity contribution < 1.29 is 45.4 Å². The SMILES string of the molecule is CN(C(=O)Oc1c(-n2ccn(CCO)c2=O)cc(C(F)(F)F)cc1C(F)(F)F)c1ccc(F)cc1. The van der Waals surface area contributed by atoms with Gasteiger partial charge in [-0.05, 0) is 36.4 Å². The first-order valence-corrected chi connectivity index (χ1v) is 9.66. The summed E-state index contributed by atoms with van der Waals surface area (Å²) in [6, 6.07) is 4.17. The van der Waals surface area contributed by atoms with Crippen LogP contribution in [-0.2, 0) is 18.9 Å². The number of ether oxygens (including phenoxy) is 1. The Bertz CT molecular complexity index is 1280. The minimum absolute atomic E-state index is 0.00434. The lowest BCUT2D eigenvalue weighted by Gasteiger charge is -2.22. The topological polar surface area (TPSA) is 76.7 Å². The first kappa shape index (κ1) is 25.8. The summed E-state index contributed by atoms with van der Waals surface area (Å²) in [5.41, 5.74) is -5.78. The standard InChI is InChI=1S/C21H16F7N3O4/c1-29(14-4-2-13(22)3-5-14)19(34)35-17-15(21(26,27)28)10-12(20(23,24)25)11-16(17)31-7-6-30(8-9-32)18(31)33/h2-7,10-11,32H,8-9H2,1H3. The van der Waals surface area contributed by atoms with Gasteiger partial charge in [0.05, 0.1) is 24.4 Å². The number of alkyl halides is 6. The molecular weight excluding hydrogens is 491 g/mol. The van der Waals surface area contributed by atoms with Gasteiger partial charge in [0.25, 0.3) is 0 Å². The van der Waals surface area contributed by atoms with E-state index in [1.807, 2.05) is 0 Å². The molecule has 3 rings (SSSR count). The highest BCUT2D eigenvalue weighted by Crippen LogP contribution is 2.44. The van der Waals surface area contributed by atoms with Crippen LogP contribution in [0.25, 0.3) is 5.69 Å². The molecule has 0 aliphatic carbocycles. The number of hydrogen-bond acceptors (Lipinski definition) is 4. The van der Waals surface area contributed by atoms with Crippen molar-refractivity contribution in [2.45, 2.75) is 18.9 Å². The maximum absolute atomic E-state index is 13.8. The van der Waals surface area contributed by atoms with Crippen LogP contribution in [0.4, 0.5) is 41.2 Å². The van der Waals surface area contributed by atoms with Gasteiger partial charge in [-0.1, -0.05) is 0 Å². The summed E-state index contributed by atoms with van der Waals surface area (Å²) < 4.78 is 101. The van der Waals surface area contributed by atoms with Crippen LogP contribution in [0, 0.1) is 5.82 Å². The number of imidazole rings is 1. The molecule has 1 heterocycles. The summed E-state index contributed by atoms with van der Waals surface area (Å²) in [6.45, 7) is -0.829. The molecule has 3 aromatic rings. The highest BCUT2D eigenvalue weighted by Gasteiger charge is 2.42. The lowest BCUT2D eigenvalue weighted by molar-refractivity contribution is -0.143. The molecule has 14 heteroatoms. The van der Waals surface area contributed by atoms with Crippen LogP contribution in [0.5, 0.6) is 5.75 Å². The molecule has 0 atom stereocenters. The number of hydrogen-bond donors (Lipinski definition) is 1. The normalized spacial score (nSPS) is 12.0. The van der Waals surface area contributed by atoms with Gasteiger partial charge >= 0.3 is 24.1 Å². The van der Waals surface area contributed by atoms with Gasteiger partial charge < -0.3 is 9.84 Å². The molecule has 7 nitrogen and oxygen atoms in total. The van der Waals surface area contributed by atoms with E-state index < -0.39 is 59.1 Å². The molecule has 0 saturated heterocycles. The van der Waals surface area contributed by atoms with E-state index in [1.165, 1.54) is 0 Å². The van der Waals surface area contributed by atoms with Crippen LogP contribution < -0.4 is 15.3 Å². The van der Waals surface area contributed by atoms with Crippen molar-refractivity contribution in [3.63, 3.8) is 0 Å². The van der Waals surface area contributed by atoms with Crippen LogP contribution in [0.15, 0.2) is 53.6 Å². The highest BCUT2D eigenvalue weighted by molar-refractivity contribution is 5.89. The van der Waals surface area contributed by atoms with E-state index >= 15 is 0 Å². The van der Waals surface area contributed by atoms with Gasteiger partial charge in [0.15, 0.2) is 5.75 Å². The van der Waals surface area contributed by atoms with Gasteiger partial charge in [-0.2, -0.15) is 26.3 Å². The zero-order valence-corrected chi connectivity index (χ0v) is 17.7. The number of carbonyl (C=O) groups excluding carboxylic acids is 1. The van der Waals surface area contributed by atoms with Crippen molar-refractivity contribution in [3.8, 4) is 11.4 Å². The van der Waals surface area contributed by atoms with E-state index in [0.29, 0.717) is 9.47 Å². The van der Waals surface area contributed by atoms with Crippen LogP contribution in [0.3, 0.4) is 0 Å². The molecule has 1 aromatic heterocycles. The van der Waals surface area contributed by atoms with E-state index in [0.717, 1.165) is 48.3 Å². The van der Waals surface area contributed by atoms with Crippen molar-refractivity contribution in [3.05, 3.63) is 76.2 Å². The molecule has 188 valence electrons. The number of nitrogens with zero attached hydrogens (tertiary/aromatic N) is 3. The van der Waals surface area contributed by atoms with E-state index in [2.05, 4.69) is 0 Å². The van der Waals surface area contributed by atoms with Gasteiger partial charge in [0.2, 0.25) is 0 Å². The summed E-state index contributed by atoms with van der Waals surface area (Å²) in [4.78, 5) is 25.9. The average Bonchev–Trinajstić information content (AvgIpc) is 3.12. The Kier molecular flexibility index (Phi) is 6.96. The van der Waals surface area contributed by atoms with Crippen molar-refractivity contribution in [2.24, 2.45) is 0 Å². The van der Waals surface area contributed by atoms with Gasteiger partial charge in [0, 0.05) is 25.1 Å².